The minimum absolute atomic E-state index is 0.0637. The summed E-state index contributed by atoms with van der Waals surface area (Å²) in [5.41, 5.74) is 1.08. The first-order valence-electron chi connectivity index (χ1n) is 8.41. The van der Waals surface area contributed by atoms with Gasteiger partial charge in [0.1, 0.15) is 0 Å². The monoisotopic (exact) mass is 372 g/mol. The summed E-state index contributed by atoms with van der Waals surface area (Å²) in [7, 11) is 0. The fourth-order valence-electron chi connectivity index (χ4n) is 2.29. The Hall–Kier alpha value is -2.61. The van der Waals surface area contributed by atoms with E-state index in [0.717, 1.165) is 30.2 Å². The number of H-pyrrole nitrogens is 1. The molecule has 2 amide bonds. The zero-order chi connectivity index (χ0) is 18.4. The SMILES string of the molecule is O=C(CSc1nc(CC(=O)NC2CC2)cc(=O)[nH]1)NCc1ccccc1. The van der Waals surface area contributed by atoms with Gasteiger partial charge in [0.15, 0.2) is 5.16 Å². The Labute approximate surface area is 155 Å². The number of amides is 2. The van der Waals surface area contributed by atoms with E-state index >= 15 is 0 Å². The number of aromatic nitrogens is 2. The largest absolute Gasteiger partial charge is 0.353 e. The van der Waals surface area contributed by atoms with E-state index in [9.17, 15) is 14.4 Å². The molecule has 136 valence electrons. The lowest BCUT2D eigenvalue weighted by molar-refractivity contribution is -0.121. The Morgan fingerprint density at radius 1 is 1.19 bits per heavy atom. The van der Waals surface area contributed by atoms with Crippen molar-refractivity contribution in [3.8, 4) is 0 Å². The zero-order valence-electron chi connectivity index (χ0n) is 14.2. The van der Waals surface area contributed by atoms with Gasteiger partial charge in [0.25, 0.3) is 5.56 Å². The minimum atomic E-state index is -0.332. The molecule has 0 spiro atoms. The first-order chi connectivity index (χ1) is 12.6. The smallest absolute Gasteiger partial charge is 0.251 e. The lowest BCUT2D eigenvalue weighted by Gasteiger charge is -2.06. The quantitative estimate of drug-likeness (QED) is 0.474. The molecule has 0 bridgehead atoms. The van der Waals surface area contributed by atoms with Crippen LogP contribution in [0.4, 0.5) is 0 Å². The average molecular weight is 372 g/mol. The number of benzene rings is 1. The number of rotatable bonds is 8. The van der Waals surface area contributed by atoms with Crippen molar-refractivity contribution in [2.24, 2.45) is 0 Å². The molecule has 7 nitrogen and oxygen atoms in total. The van der Waals surface area contributed by atoms with Crippen molar-refractivity contribution in [3.63, 3.8) is 0 Å². The maximum Gasteiger partial charge on any atom is 0.251 e. The van der Waals surface area contributed by atoms with E-state index in [-0.39, 0.29) is 35.6 Å². The van der Waals surface area contributed by atoms with E-state index in [1.165, 1.54) is 6.07 Å². The number of hydrogen-bond acceptors (Lipinski definition) is 5. The summed E-state index contributed by atoms with van der Waals surface area (Å²) >= 11 is 1.13. The summed E-state index contributed by atoms with van der Waals surface area (Å²) in [4.78, 5) is 42.4. The Bertz CT molecular complexity index is 834. The summed E-state index contributed by atoms with van der Waals surface area (Å²) in [5.74, 6) is -0.159. The van der Waals surface area contributed by atoms with E-state index < -0.39 is 0 Å². The molecule has 3 rings (SSSR count). The zero-order valence-corrected chi connectivity index (χ0v) is 15.0. The van der Waals surface area contributed by atoms with Crippen LogP contribution in [0.25, 0.3) is 0 Å². The van der Waals surface area contributed by atoms with Crippen molar-refractivity contribution < 1.29 is 9.59 Å². The van der Waals surface area contributed by atoms with Crippen molar-refractivity contribution in [1.82, 2.24) is 20.6 Å². The number of hydrogen-bond donors (Lipinski definition) is 3. The molecule has 1 fully saturated rings. The second-order valence-corrected chi connectivity index (χ2v) is 7.08. The van der Waals surface area contributed by atoms with Crippen LogP contribution >= 0.6 is 11.8 Å². The topological polar surface area (TPSA) is 104 Å². The highest BCUT2D eigenvalue weighted by Gasteiger charge is 2.23. The molecule has 0 atom stereocenters. The molecule has 1 aromatic heterocycles. The van der Waals surface area contributed by atoms with Gasteiger partial charge >= 0.3 is 0 Å². The van der Waals surface area contributed by atoms with Gasteiger partial charge in [-0.2, -0.15) is 0 Å². The van der Waals surface area contributed by atoms with Gasteiger partial charge in [-0.3, -0.25) is 14.4 Å². The molecule has 1 aliphatic rings. The highest BCUT2D eigenvalue weighted by molar-refractivity contribution is 7.99. The average Bonchev–Trinajstić information content (AvgIpc) is 3.42. The fourth-order valence-corrected chi connectivity index (χ4v) is 3.02. The van der Waals surface area contributed by atoms with Crippen molar-refractivity contribution >= 4 is 23.6 Å². The van der Waals surface area contributed by atoms with E-state index in [1.807, 2.05) is 30.3 Å². The van der Waals surface area contributed by atoms with Crippen molar-refractivity contribution in [2.75, 3.05) is 5.75 Å². The van der Waals surface area contributed by atoms with Crippen LogP contribution < -0.4 is 16.2 Å². The van der Waals surface area contributed by atoms with Crippen LogP contribution in [0.1, 0.15) is 24.1 Å². The highest BCUT2D eigenvalue weighted by Crippen LogP contribution is 2.18. The number of nitrogens with one attached hydrogen (secondary N) is 3. The summed E-state index contributed by atoms with van der Waals surface area (Å²) in [5, 5.41) is 6.01. The Morgan fingerprint density at radius 3 is 2.69 bits per heavy atom. The molecule has 8 heteroatoms. The van der Waals surface area contributed by atoms with Crippen LogP contribution in [0.2, 0.25) is 0 Å². The van der Waals surface area contributed by atoms with Crippen molar-refractivity contribution in [3.05, 3.63) is 58.0 Å². The molecule has 1 heterocycles. The third-order valence-corrected chi connectivity index (χ3v) is 4.60. The molecule has 1 aromatic carbocycles. The molecule has 0 unspecified atom stereocenters. The summed E-state index contributed by atoms with van der Waals surface area (Å²) in [6.45, 7) is 0.450. The second-order valence-electron chi connectivity index (χ2n) is 6.11. The van der Waals surface area contributed by atoms with Crippen molar-refractivity contribution in [1.29, 1.82) is 0 Å². The van der Waals surface area contributed by atoms with E-state index in [2.05, 4.69) is 20.6 Å². The maximum absolute atomic E-state index is 11.9. The molecule has 0 radical (unpaired) electrons. The molecular weight excluding hydrogens is 352 g/mol. The molecule has 3 N–H and O–H groups in total. The number of carbonyl (C=O) groups excluding carboxylic acids is 2. The lowest BCUT2D eigenvalue weighted by atomic mass is 10.2. The molecule has 2 aromatic rings. The van der Waals surface area contributed by atoms with Gasteiger partial charge < -0.3 is 15.6 Å². The van der Waals surface area contributed by atoms with E-state index in [1.54, 1.807) is 0 Å². The maximum atomic E-state index is 11.9. The minimum Gasteiger partial charge on any atom is -0.353 e. The third-order valence-electron chi connectivity index (χ3n) is 3.73. The van der Waals surface area contributed by atoms with Gasteiger partial charge in [-0.05, 0) is 18.4 Å². The first-order valence-corrected chi connectivity index (χ1v) is 9.40. The Morgan fingerprint density at radius 2 is 1.96 bits per heavy atom. The fraction of sp³-hybridized carbons (Fsp3) is 0.333. The summed E-state index contributed by atoms with van der Waals surface area (Å²) < 4.78 is 0. The van der Waals surface area contributed by atoms with Crippen LogP contribution in [-0.2, 0) is 22.6 Å². The first kappa shape index (κ1) is 18.2. The van der Waals surface area contributed by atoms with Gasteiger partial charge in [0.05, 0.1) is 17.9 Å². The number of nitrogens with zero attached hydrogens (tertiary/aromatic N) is 1. The highest BCUT2D eigenvalue weighted by atomic mass is 32.2. The number of aromatic amines is 1. The summed E-state index contributed by atoms with van der Waals surface area (Å²) in [6.07, 6.45) is 2.08. The predicted molar refractivity (Wildman–Crippen MR) is 98.7 cm³/mol. The molecule has 1 saturated carbocycles. The lowest BCUT2D eigenvalue weighted by Crippen LogP contribution is -2.28. The van der Waals surface area contributed by atoms with E-state index in [4.69, 9.17) is 0 Å². The van der Waals surface area contributed by atoms with Gasteiger partial charge in [-0.1, -0.05) is 42.1 Å². The van der Waals surface area contributed by atoms with Crippen LogP contribution in [0.5, 0.6) is 0 Å². The Balaban J connectivity index is 1.49. The number of carbonyl (C=O) groups is 2. The van der Waals surface area contributed by atoms with Gasteiger partial charge in [-0.25, -0.2) is 4.98 Å². The van der Waals surface area contributed by atoms with Crippen LogP contribution in [0.15, 0.2) is 46.3 Å². The van der Waals surface area contributed by atoms with Gasteiger partial charge in [0.2, 0.25) is 11.8 Å². The predicted octanol–water partition coefficient (Wildman–Crippen LogP) is 1.000. The standard InChI is InChI=1S/C18H20N4O3S/c23-15(20-13-6-7-13)8-14-9-16(24)22-18(21-14)26-11-17(25)19-10-12-4-2-1-3-5-12/h1-5,9,13H,6-8,10-11H2,(H,19,25)(H,20,23)(H,21,22,24). The van der Waals surface area contributed by atoms with Gasteiger partial charge in [0, 0.05) is 18.7 Å². The molecule has 0 aliphatic heterocycles. The molecule has 26 heavy (non-hydrogen) atoms. The molecular formula is C18H20N4O3S. The Kier molecular flexibility index (Phi) is 6.06. The van der Waals surface area contributed by atoms with Crippen molar-refractivity contribution in [2.45, 2.75) is 37.0 Å². The van der Waals surface area contributed by atoms with Crippen LogP contribution in [0.3, 0.4) is 0 Å². The van der Waals surface area contributed by atoms with Crippen LogP contribution in [-0.4, -0.2) is 33.6 Å². The normalized spacial score (nSPS) is 13.2. The summed E-state index contributed by atoms with van der Waals surface area (Å²) in [6, 6.07) is 11.2. The molecule has 1 aliphatic carbocycles. The second kappa shape index (κ2) is 8.66. The van der Waals surface area contributed by atoms with Gasteiger partial charge in [-0.15, -0.1) is 0 Å². The number of thioether (sulfide) groups is 1. The molecule has 0 saturated heterocycles. The van der Waals surface area contributed by atoms with E-state index in [0.29, 0.717) is 17.4 Å². The van der Waals surface area contributed by atoms with Crippen LogP contribution in [0, 0.1) is 0 Å². The third kappa shape index (κ3) is 6.03.